The highest BCUT2D eigenvalue weighted by Gasteiger charge is 2.25. The summed E-state index contributed by atoms with van der Waals surface area (Å²) in [6, 6.07) is 0.180. The molecule has 0 spiro atoms. The molecule has 0 aliphatic heterocycles. The summed E-state index contributed by atoms with van der Waals surface area (Å²) in [5.41, 5.74) is 0. The average molecular weight is 259 g/mol. The van der Waals surface area contributed by atoms with Gasteiger partial charge in [0.2, 0.25) is 11.2 Å². The first-order valence-electron chi connectivity index (χ1n) is 5.56. The molecule has 1 heterocycles. The minimum atomic E-state index is -0.235. The fraction of sp³-hybridized carbons (Fsp3) is 0.700. The first-order valence-corrected chi connectivity index (χ1v) is 5.94. The van der Waals surface area contributed by atoms with Gasteiger partial charge >= 0.3 is 6.01 Å². The number of methoxy groups -OCH3 is 1. The lowest BCUT2D eigenvalue weighted by Crippen LogP contribution is -2.22. The minimum absolute atomic E-state index is 0.0892. The molecule has 2 atom stereocenters. The lowest BCUT2D eigenvalue weighted by atomic mass is 10.1. The number of aliphatic hydroxyl groups is 1. The number of halogens is 1. The van der Waals surface area contributed by atoms with Crippen molar-refractivity contribution in [3.05, 3.63) is 5.28 Å². The highest BCUT2D eigenvalue weighted by Crippen LogP contribution is 2.25. The van der Waals surface area contributed by atoms with E-state index in [1.54, 1.807) is 0 Å². The summed E-state index contributed by atoms with van der Waals surface area (Å²) in [6.45, 7) is 0.630. The van der Waals surface area contributed by atoms with Crippen LogP contribution in [0.15, 0.2) is 0 Å². The molecule has 1 aromatic heterocycles. The number of hydrogen-bond donors (Lipinski definition) is 2. The van der Waals surface area contributed by atoms with Crippen molar-refractivity contribution in [3.8, 4) is 6.01 Å². The van der Waals surface area contributed by atoms with Gasteiger partial charge in [-0.3, -0.25) is 0 Å². The monoisotopic (exact) mass is 258 g/mol. The number of nitrogens with one attached hydrogen (secondary N) is 1. The number of ether oxygens (including phenoxy) is 1. The van der Waals surface area contributed by atoms with Crippen molar-refractivity contribution < 1.29 is 9.84 Å². The quantitative estimate of drug-likeness (QED) is 0.842. The third kappa shape index (κ3) is 3.17. The van der Waals surface area contributed by atoms with Crippen LogP contribution < -0.4 is 10.1 Å². The standard InChI is InChI=1S/C10H15ClN4O2/c1-17-10-14-8(11)13-9(15-10)12-5-6-3-2-4-7(6)16/h6-7,16H,2-5H2,1H3,(H,12,13,14,15). The Morgan fingerprint density at radius 2 is 2.24 bits per heavy atom. The number of rotatable bonds is 4. The summed E-state index contributed by atoms with van der Waals surface area (Å²) in [5, 5.41) is 12.8. The zero-order valence-corrected chi connectivity index (χ0v) is 10.3. The Hall–Kier alpha value is -1.14. The molecular formula is C10H15ClN4O2. The van der Waals surface area contributed by atoms with E-state index in [2.05, 4.69) is 20.3 Å². The van der Waals surface area contributed by atoms with Gasteiger partial charge in [-0.1, -0.05) is 6.42 Å². The lowest BCUT2D eigenvalue weighted by Gasteiger charge is -2.14. The lowest BCUT2D eigenvalue weighted by molar-refractivity contribution is 0.138. The zero-order chi connectivity index (χ0) is 12.3. The van der Waals surface area contributed by atoms with Crippen molar-refractivity contribution >= 4 is 17.5 Å². The minimum Gasteiger partial charge on any atom is -0.467 e. The molecule has 94 valence electrons. The third-order valence-electron chi connectivity index (χ3n) is 2.91. The van der Waals surface area contributed by atoms with Crippen LogP contribution in [0.5, 0.6) is 6.01 Å². The Morgan fingerprint density at radius 3 is 2.88 bits per heavy atom. The maximum absolute atomic E-state index is 9.68. The summed E-state index contributed by atoms with van der Waals surface area (Å²) in [7, 11) is 1.47. The molecule has 17 heavy (non-hydrogen) atoms. The normalized spacial score (nSPS) is 23.7. The predicted molar refractivity (Wildman–Crippen MR) is 63.2 cm³/mol. The molecule has 0 amide bonds. The maximum atomic E-state index is 9.68. The molecule has 1 aliphatic carbocycles. The van der Waals surface area contributed by atoms with Gasteiger partial charge in [0.05, 0.1) is 13.2 Å². The Labute approximate surface area is 104 Å². The van der Waals surface area contributed by atoms with E-state index in [0.717, 1.165) is 19.3 Å². The molecule has 1 aromatic rings. The fourth-order valence-electron chi connectivity index (χ4n) is 1.98. The first kappa shape index (κ1) is 12.3. The highest BCUT2D eigenvalue weighted by atomic mass is 35.5. The second kappa shape index (κ2) is 5.46. The van der Waals surface area contributed by atoms with Gasteiger partial charge < -0.3 is 15.2 Å². The molecule has 1 fully saturated rings. The van der Waals surface area contributed by atoms with Crippen LogP contribution in [0, 0.1) is 5.92 Å². The van der Waals surface area contributed by atoms with Crippen LogP contribution in [-0.4, -0.2) is 39.8 Å². The van der Waals surface area contributed by atoms with E-state index in [-0.39, 0.29) is 23.3 Å². The molecule has 0 bridgehead atoms. The molecule has 1 saturated carbocycles. The van der Waals surface area contributed by atoms with Crippen molar-refractivity contribution in [2.45, 2.75) is 25.4 Å². The van der Waals surface area contributed by atoms with Crippen molar-refractivity contribution in [1.82, 2.24) is 15.0 Å². The molecule has 2 rings (SSSR count). The number of aliphatic hydroxyl groups excluding tert-OH is 1. The molecule has 6 nitrogen and oxygen atoms in total. The Kier molecular flexibility index (Phi) is 3.96. The smallest absolute Gasteiger partial charge is 0.322 e. The van der Waals surface area contributed by atoms with E-state index in [0.29, 0.717) is 12.5 Å². The van der Waals surface area contributed by atoms with E-state index in [9.17, 15) is 5.11 Å². The van der Waals surface area contributed by atoms with Crippen molar-refractivity contribution in [2.24, 2.45) is 5.92 Å². The molecule has 2 unspecified atom stereocenters. The van der Waals surface area contributed by atoms with Gasteiger partial charge in [0.1, 0.15) is 0 Å². The van der Waals surface area contributed by atoms with E-state index in [4.69, 9.17) is 16.3 Å². The van der Waals surface area contributed by atoms with Crippen LogP contribution in [0.1, 0.15) is 19.3 Å². The number of nitrogens with zero attached hydrogens (tertiary/aromatic N) is 3. The Bertz CT molecular complexity index is 391. The van der Waals surface area contributed by atoms with E-state index < -0.39 is 0 Å². The molecule has 1 aliphatic rings. The highest BCUT2D eigenvalue weighted by molar-refractivity contribution is 6.28. The third-order valence-corrected chi connectivity index (χ3v) is 3.08. The van der Waals surface area contributed by atoms with Crippen molar-refractivity contribution in [2.75, 3.05) is 19.0 Å². The van der Waals surface area contributed by atoms with Gasteiger partial charge in [-0.2, -0.15) is 15.0 Å². The summed E-state index contributed by atoms with van der Waals surface area (Å²) in [4.78, 5) is 11.7. The SMILES string of the molecule is COc1nc(Cl)nc(NCC2CCCC2O)n1. The molecule has 0 radical (unpaired) electrons. The van der Waals surface area contributed by atoms with Gasteiger partial charge in [-0.05, 0) is 24.4 Å². The Morgan fingerprint density at radius 1 is 1.41 bits per heavy atom. The summed E-state index contributed by atoms with van der Waals surface area (Å²) >= 11 is 5.72. The van der Waals surface area contributed by atoms with Crippen molar-refractivity contribution in [1.29, 1.82) is 0 Å². The van der Waals surface area contributed by atoms with E-state index in [1.807, 2.05) is 0 Å². The van der Waals surface area contributed by atoms with Crippen molar-refractivity contribution in [3.63, 3.8) is 0 Å². The maximum Gasteiger partial charge on any atom is 0.322 e. The number of anilines is 1. The first-order chi connectivity index (χ1) is 8.19. The van der Waals surface area contributed by atoms with Gasteiger partial charge in [-0.25, -0.2) is 0 Å². The van der Waals surface area contributed by atoms with Gasteiger partial charge in [-0.15, -0.1) is 0 Å². The van der Waals surface area contributed by atoms with Crippen LogP contribution in [0.3, 0.4) is 0 Å². The molecule has 7 heteroatoms. The average Bonchev–Trinajstić information content (AvgIpc) is 2.71. The fourth-order valence-corrected chi connectivity index (χ4v) is 2.13. The van der Waals surface area contributed by atoms with E-state index >= 15 is 0 Å². The molecular weight excluding hydrogens is 244 g/mol. The van der Waals surface area contributed by atoms with Crippen LogP contribution >= 0.6 is 11.6 Å². The van der Waals surface area contributed by atoms with Gasteiger partial charge in [0.25, 0.3) is 0 Å². The largest absolute Gasteiger partial charge is 0.467 e. The summed E-state index contributed by atoms with van der Waals surface area (Å²) in [6.07, 6.45) is 2.72. The molecule has 2 N–H and O–H groups in total. The molecule has 0 saturated heterocycles. The van der Waals surface area contributed by atoms with Crippen LogP contribution in [0.25, 0.3) is 0 Å². The van der Waals surface area contributed by atoms with Crippen LogP contribution in [0.2, 0.25) is 5.28 Å². The van der Waals surface area contributed by atoms with Crippen LogP contribution in [0.4, 0.5) is 5.95 Å². The van der Waals surface area contributed by atoms with Crippen LogP contribution in [-0.2, 0) is 0 Å². The topological polar surface area (TPSA) is 80.2 Å². The molecule has 0 aromatic carbocycles. The van der Waals surface area contributed by atoms with Gasteiger partial charge in [0, 0.05) is 12.5 Å². The summed E-state index contributed by atoms with van der Waals surface area (Å²) in [5.74, 6) is 0.623. The summed E-state index contributed by atoms with van der Waals surface area (Å²) < 4.78 is 4.89. The Balaban J connectivity index is 1.96. The predicted octanol–water partition coefficient (Wildman–Crippen LogP) is 1.11. The zero-order valence-electron chi connectivity index (χ0n) is 9.56. The second-order valence-electron chi connectivity index (χ2n) is 4.05. The van der Waals surface area contributed by atoms with Gasteiger partial charge in [0.15, 0.2) is 0 Å². The number of aromatic nitrogens is 3. The van der Waals surface area contributed by atoms with E-state index in [1.165, 1.54) is 7.11 Å². The number of hydrogen-bond acceptors (Lipinski definition) is 6. The second-order valence-corrected chi connectivity index (χ2v) is 4.39.